The third-order valence-corrected chi connectivity index (χ3v) is 3.76. The lowest BCUT2D eigenvalue weighted by molar-refractivity contribution is 0.0928. The van der Waals surface area contributed by atoms with Gasteiger partial charge in [0.05, 0.1) is 15.6 Å². The first-order valence-corrected chi connectivity index (χ1v) is 6.69. The number of nitrogens with one attached hydrogen (secondary N) is 1. The lowest BCUT2D eigenvalue weighted by Crippen LogP contribution is -2.36. The van der Waals surface area contributed by atoms with E-state index < -0.39 is 0 Å². The van der Waals surface area contributed by atoms with Crippen molar-refractivity contribution in [3.05, 3.63) is 33.8 Å². The highest BCUT2D eigenvalue weighted by Gasteiger charge is 2.19. The molecule has 1 saturated carbocycles. The third kappa shape index (κ3) is 3.14. The Morgan fingerprint density at radius 3 is 2.29 bits per heavy atom. The fraction of sp³-hybridized carbons (Fsp3) is 0.462. The molecule has 1 N–H and O–H groups in total. The van der Waals surface area contributed by atoms with E-state index in [2.05, 4.69) is 5.32 Å². The molecule has 1 aromatic rings. The number of halogens is 2. The van der Waals surface area contributed by atoms with Crippen LogP contribution in [0.15, 0.2) is 18.2 Å². The van der Waals surface area contributed by atoms with Crippen molar-refractivity contribution in [3.63, 3.8) is 0 Å². The number of hydrogen-bond donors (Lipinski definition) is 1. The van der Waals surface area contributed by atoms with Crippen molar-refractivity contribution in [1.82, 2.24) is 5.32 Å². The Hall–Kier alpha value is -0.730. The Labute approximate surface area is 111 Å². The standard InChI is InChI=1S/C13H15Cl2NO/c14-10-7-4-8-11(15)12(10)13(17)16-9-5-2-1-3-6-9/h4,7-9H,1-3,5-6H2,(H,16,17). The van der Waals surface area contributed by atoms with E-state index in [0.717, 1.165) is 12.8 Å². The maximum Gasteiger partial charge on any atom is 0.254 e. The SMILES string of the molecule is O=C(NC1CCCCC1)c1c(Cl)cccc1Cl. The summed E-state index contributed by atoms with van der Waals surface area (Å²) in [5.74, 6) is -0.160. The van der Waals surface area contributed by atoms with Crippen LogP contribution in [0.5, 0.6) is 0 Å². The minimum atomic E-state index is -0.160. The highest BCUT2D eigenvalue weighted by atomic mass is 35.5. The third-order valence-electron chi connectivity index (χ3n) is 3.13. The molecule has 92 valence electrons. The van der Waals surface area contributed by atoms with Gasteiger partial charge in [-0.15, -0.1) is 0 Å². The Morgan fingerprint density at radius 1 is 1.12 bits per heavy atom. The molecule has 1 aliphatic rings. The summed E-state index contributed by atoms with van der Waals surface area (Å²) in [6, 6.07) is 5.37. The maximum absolute atomic E-state index is 12.1. The lowest BCUT2D eigenvalue weighted by Gasteiger charge is -2.23. The normalized spacial score (nSPS) is 16.8. The second-order valence-electron chi connectivity index (χ2n) is 4.41. The first-order chi connectivity index (χ1) is 8.18. The van der Waals surface area contributed by atoms with Crippen molar-refractivity contribution in [2.75, 3.05) is 0 Å². The van der Waals surface area contributed by atoms with Gasteiger partial charge in [-0.1, -0.05) is 48.5 Å². The van der Waals surface area contributed by atoms with E-state index in [-0.39, 0.29) is 11.9 Å². The van der Waals surface area contributed by atoms with Gasteiger partial charge in [-0.2, -0.15) is 0 Å². The first kappa shape index (κ1) is 12.7. The molecule has 0 saturated heterocycles. The smallest absolute Gasteiger partial charge is 0.254 e. The summed E-state index contributed by atoms with van der Waals surface area (Å²) in [7, 11) is 0. The molecule has 1 fully saturated rings. The molecular weight excluding hydrogens is 257 g/mol. The predicted molar refractivity (Wildman–Crippen MR) is 70.8 cm³/mol. The largest absolute Gasteiger partial charge is 0.349 e. The average Bonchev–Trinajstić information content (AvgIpc) is 2.30. The number of carbonyl (C=O) groups excluding carboxylic acids is 1. The minimum absolute atomic E-state index is 0.160. The molecule has 0 unspecified atom stereocenters. The molecule has 0 heterocycles. The minimum Gasteiger partial charge on any atom is -0.349 e. The molecule has 0 aliphatic heterocycles. The summed E-state index contributed by atoms with van der Waals surface area (Å²) >= 11 is 12.0. The van der Waals surface area contributed by atoms with Gasteiger partial charge in [0.15, 0.2) is 0 Å². The zero-order valence-electron chi connectivity index (χ0n) is 9.51. The van der Waals surface area contributed by atoms with Crippen LogP contribution < -0.4 is 5.32 Å². The van der Waals surface area contributed by atoms with Crippen molar-refractivity contribution in [2.45, 2.75) is 38.1 Å². The van der Waals surface area contributed by atoms with Gasteiger partial charge in [-0.05, 0) is 25.0 Å². The lowest BCUT2D eigenvalue weighted by atomic mass is 9.95. The molecule has 0 atom stereocenters. The van der Waals surface area contributed by atoms with E-state index in [9.17, 15) is 4.79 Å². The van der Waals surface area contributed by atoms with E-state index in [4.69, 9.17) is 23.2 Å². The second kappa shape index (κ2) is 5.74. The summed E-state index contributed by atoms with van der Waals surface area (Å²) < 4.78 is 0. The van der Waals surface area contributed by atoms with E-state index in [1.165, 1.54) is 19.3 Å². The van der Waals surface area contributed by atoms with Crippen LogP contribution in [-0.2, 0) is 0 Å². The molecule has 17 heavy (non-hydrogen) atoms. The summed E-state index contributed by atoms with van der Waals surface area (Å²) in [5.41, 5.74) is 0.390. The van der Waals surface area contributed by atoms with Crippen LogP contribution in [0.25, 0.3) is 0 Å². The maximum atomic E-state index is 12.1. The van der Waals surface area contributed by atoms with Gasteiger partial charge in [0.25, 0.3) is 5.91 Å². The topological polar surface area (TPSA) is 29.1 Å². The van der Waals surface area contributed by atoms with Crippen molar-refractivity contribution in [2.24, 2.45) is 0 Å². The second-order valence-corrected chi connectivity index (χ2v) is 5.22. The molecule has 0 spiro atoms. The number of carbonyl (C=O) groups is 1. The quantitative estimate of drug-likeness (QED) is 0.864. The monoisotopic (exact) mass is 271 g/mol. The van der Waals surface area contributed by atoms with Gasteiger partial charge in [0.1, 0.15) is 0 Å². The van der Waals surface area contributed by atoms with Gasteiger partial charge in [-0.3, -0.25) is 4.79 Å². The van der Waals surface area contributed by atoms with Crippen LogP contribution >= 0.6 is 23.2 Å². The van der Waals surface area contributed by atoms with Gasteiger partial charge < -0.3 is 5.32 Å². The van der Waals surface area contributed by atoms with Crippen LogP contribution in [-0.4, -0.2) is 11.9 Å². The Bertz CT molecular complexity index is 394. The number of benzene rings is 1. The van der Waals surface area contributed by atoms with Crippen LogP contribution in [0, 0.1) is 0 Å². The molecule has 2 rings (SSSR count). The zero-order valence-corrected chi connectivity index (χ0v) is 11.0. The fourth-order valence-electron chi connectivity index (χ4n) is 2.22. The van der Waals surface area contributed by atoms with Crippen LogP contribution in [0.3, 0.4) is 0 Å². The highest BCUT2D eigenvalue weighted by Crippen LogP contribution is 2.25. The van der Waals surface area contributed by atoms with Gasteiger partial charge in [0.2, 0.25) is 0 Å². The van der Waals surface area contributed by atoms with Gasteiger partial charge in [0, 0.05) is 6.04 Å². The molecule has 0 bridgehead atoms. The van der Waals surface area contributed by atoms with E-state index >= 15 is 0 Å². The van der Waals surface area contributed by atoms with Crippen molar-refractivity contribution in [3.8, 4) is 0 Å². The summed E-state index contributed by atoms with van der Waals surface area (Å²) in [4.78, 5) is 12.1. The van der Waals surface area contributed by atoms with Crippen LogP contribution in [0.4, 0.5) is 0 Å². The Kier molecular flexibility index (Phi) is 4.30. The van der Waals surface area contributed by atoms with Crippen LogP contribution in [0.1, 0.15) is 42.5 Å². The van der Waals surface area contributed by atoms with E-state index in [1.54, 1.807) is 18.2 Å². The van der Waals surface area contributed by atoms with Crippen molar-refractivity contribution in [1.29, 1.82) is 0 Å². The molecule has 2 nitrogen and oxygen atoms in total. The first-order valence-electron chi connectivity index (χ1n) is 5.93. The molecule has 1 amide bonds. The molecule has 1 aliphatic carbocycles. The van der Waals surface area contributed by atoms with E-state index in [1.807, 2.05) is 0 Å². The average molecular weight is 272 g/mol. The number of rotatable bonds is 2. The van der Waals surface area contributed by atoms with Crippen molar-refractivity contribution >= 4 is 29.1 Å². The fourth-order valence-corrected chi connectivity index (χ4v) is 2.79. The predicted octanol–water partition coefficient (Wildman–Crippen LogP) is 4.06. The number of amides is 1. The zero-order chi connectivity index (χ0) is 12.3. The van der Waals surface area contributed by atoms with E-state index in [0.29, 0.717) is 15.6 Å². The molecule has 1 aromatic carbocycles. The molecule has 0 radical (unpaired) electrons. The van der Waals surface area contributed by atoms with Crippen LogP contribution in [0.2, 0.25) is 10.0 Å². The molecular formula is C13H15Cl2NO. The van der Waals surface area contributed by atoms with Crippen molar-refractivity contribution < 1.29 is 4.79 Å². The number of hydrogen-bond acceptors (Lipinski definition) is 1. The molecule has 0 aromatic heterocycles. The Balaban J connectivity index is 2.08. The highest BCUT2D eigenvalue weighted by molar-refractivity contribution is 6.39. The Morgan fingerprint density at radius 2 is 1.71 bits per heavy atom. The van der Waals surface area contributed by atoms with Gasteiger partial charge in [-0.25, -0.2) is 0 Å². The van der Waals surface area contributed by atoms with Gasteiger partial charge >= 0.3 is 0 Å². The summed E-state index contributed by atoms with van der Waals surface area (Å²) in [5, 5.41) is 3.83. The summed E-state index contributed by atoms with van der Waals surface area (Å²) in [6.45, 7) is 0. The molecule has 4 heteroatoms. The summed E-state index contributed by atoms with van der Waals surface area (Å²) in [6.07, 6.45) is 5.73.